The largest absolute Gasteiger partial charge is 0.368 e. The smallest absolute Gasteiger partial charge is 0.163 e. The fraction of sp³-hybridized carbons (Fsp3) is 0.0833. The van der Waals surface area contributed by atoms with Crippen LogP contribution in [-0.2, 0) is 0 Å². The molecule has 2 heterocycles. The van der Waals surface area contributed by atoms with Gasteiger partial charge in [0.1, 0.15) is 23.5 Å². The van der Waals surface area contributed by atoms with Gasteiger partial charge in [-0.05, 0) is 42.5 Å². The van der Waals surface area contributed by atoms with Crippen LogP contribution in [0.3, 0.4) is 0 Å². The van der Waals surface area contributed by atoms with Crippen LogP contribution in [0, 0.1) is 17.1 Å². The van der Waals surface area contributed by atoms with E-state index in [2.05, 4.69) is 25.6 Å². The quantitative estimate of drug-likeness (QED) is 0.314. The van der Waals surface area contributed by atoms with Crippen molar-refractivity contribution in [3.8, 4) is 28.7 Å². The molecule has 0 amide bonds. The van der Waals surface area contributed by atoms with E-state index >= 15 is 0 Å². The van der Waals surface area contributed by atoms with Crippen molar-refractivity contribution in [3.05, 3.63) is 88.3 Å². The summed E-state index contributed by atoms with van der Waals surface area (Å²) in [7, 11) is 0. The molecule has 0 saturated heterocycles. The molecule has 4 rings (SSSR count). The normalized spacial score (nSPS) is 10.5. The van der Waals surface area contributed by atoms with E-state index in [-0.39, 0.29) is 5.82 Å². The Morgan fingerprint density at radius 2 is 1.67 bits per heavy atom. The molecule has 0 aliphatic heterocycles. The Labute approximate surface area is 200 Å². The average Bonchev–Trinajstić information content (AvgIpc) is 2.82. The summed E-state index contributed by atoms with van der Waals surface area (Å²) in [6.07, 6.45) is 1.50. The second kappa shape index (κ2) is 10.3. The van der Waals surface area contributed by atoms with E-state index in [0.29, 0.717) is 63.0 Å². The lowest BCUT2D eigenvalue weighted by Crippen LogP contribution is -2.15. The second-order valence-corrected chi connectivity index (χ2v) is 7.81. The molecule has 0 spiro atoms. The lowest BCUT2D eigenvalue weighted by atomic mass is 10.1. The molecule has 4 aromatic rings. The van der Waals surface area contributed by atoms with E-state index < -0.39 is 0 Å². The number of nitrogens with zero attached hydrogens (tertiary/aromatic N) is 4. The lowest BCUT2D eigenvalue weighted by molar-refractivity contribution is 0.630. The van der Waals surface area contributed by atoms with Crippen LogP contribution in [0.1, 0.15) is 5.56 Å². The summed E-state index contributed by atoms with van der Waals surface area (Å²) in [5.41, 5.74) is 1.86. The SMILES string of the molecule is N#Cc1ccc(NCCNc2cc(-c3ccccc3F)nc(-c3ccc(Cl)cc3Cl)n2)nc1. The Bertz CT molecular complexity index is 1320. The summed E-state index contributed by atoms with van der Waals surface area (Å²) in [6.45, 7) is 1.04. The number of rotatable bonds is 7. The highest BCUT2D eigenvalue weighted by atomic mass is 35.5. The molecule has 0 bridgehead atoms. The standard InChI is InChI=1S/C24H17Cl2FN6/c25-16-6-7-17(19(26)11-16)24-32-21(18-3-1-2-4-20(18)27)12-23(33-24)30-10-9-29-22-8-5-15(13-28)14-31-22/h1-8,11-12,14H,9-10H2,(H,29,31)(H,30,32,33). The van der Waals surface area contributed by atoms with Crippen LogP contribution in [-0.4, -0.2) is 28.0 Å². The van der Waals surface area contributed by atoms with Crippen molar-refractivity contribution in [2.24, 2.45) is 0 Å². The van der Waals surface area contributed by atoms with Gasteiger partial charge >= 0.3 is 0 Å². The minimum atomic E-state index is -0.385. The van der Waals surface area contributed by atoms with Gasteiger partial charge in [-0.3, -0.25) is 0 Å². The molecule has 0 aliphatic rings. The van der Waals surface area contributed by atoms with Crippen LogP contribution in [0.2, 0.25) is 10.0 Å². The molecule has 0 atom stereocenters. The van der Waals surface area contributed by atoms with Crippen molar-refractivity contribution in [2.45, 2.75) is 0 Å². The molecule has 2 aromatic carbocycles. The first-order chi connectivity index (χ1) is 16.0. The highest BCUT2D eigenvalue weighted by Gasteiger charge is 2.14. The fourth-order valence-electron chi connectivity index (χ4n) is 3.08. The number of hydrogen-bond donors (Lipinski definition) is 2. The number of pyridine rings is 1. The molecule has 0 aliphatic carbocycles. The second-order valence-electron chi connectivity index (χ2n) is 6.96. The van der Waals surface area contributed by atoms with Crippen molar-refractivity contribution in [2.75, 3.05) is 23.7 Å². The van der Waals surface area contributed by atoms with Gasteiger partial charge in [-0.15, -0.1) is 0 Å². The van der Waals surface area contributed by atoms with Crippen molar-refractivity contribution in [1.29, 1.82) is 5.26 Å². The molecule has 0 radical (unpaired) electrons. The van der Waals surface area contributed by atoms with Crippen LogP contribution in [0.4, 0.5) is 16.0 Å². The minimum Gasteiger partial charge on any atom is -0.368 e. The van der Waals surface area contributed by atoms with Gasteiger partial charge in [0.2, 0.25) is 0 Å². The van der Waals surface area contributed by atoms with Crippen LogP contribution < -0.4 is 10.6 Å². The van der Waals surface area contributed by atoms with E-state index in [4.69, 9.17) is 28.5 Å². The highest BCUT2D eigenvalue weighted by molar-refractivity contribution is 6.36. The molecule has 0 unspecified atom stereocenters. The number of nitriles is 1. The first-order valence-corrected chi connectivity index (χ1v) is 10.7. The van der Waals surface area contributed by atoms with E-state index in [0.717, 1.165) is 0 Å². The third kappa shape index (κ3) is 5.55. The molecular weight excluding hydrogens is 462 g/mol. The summed E-state index contributed by atoms with van der Waals surface area (Å²) in [5, 5.41) is 16.1. The van der Waals surface area contributed by atoms with Crippen LogP contribution in [0.15, 0.2) is 66.9 Å². The molecule has 2 aromatic heterocycles. The summed E-state index contributed by atoms with van der Waals surface area (Å²) in [5.74, 6) is 1.13. The Morgan fingerprint density at radius 1 is 0.879 bits per heavy atom. The van der Waals surface area contributed by atoms with Gasteiger partial charge in [0, 0.05) is 41.5 Å². The van der Waals surface area contributed by atoms with Gasteiger partial charge in [0.25, 0.3) is 0 Å². The number of nitrogens with one attached hydrogen (secondary N) is 2. The molecule has 0 saturated carbocycles. The van der Waals surface area contributed by atoms with Gasteiger partial charge in [-0.2, -0.15) is 5.26 Å². The zero-order valence-corrected chi connectivity index (χ0v) is 18.7. The number of aromatic nitrogens is 3. The monoisotopic (exact) mass is 478 g/mol. The Morgan fingerprint density at radius 3 is 2.36 bits per heavy atom. The Balaban J connectivity index is 1.57. The zero-order valence-electron chi connectivity index (χ0n) is 17.2. The first-order valence-electron chi connectivity index (χ1n) is 9.97. The predicted molar refractivity (Wildman–Crippen MR) is 129 cm³/mol. The van der Waals surface area contributed by atoms with Crippen molar-refractivity contribution in [3.63, 3.8) is 0 Å². The number of halogens is 3. The van der Waals surface area contributed by atoms with Gasteiger partial charge < -0.3 is 10.6 Å². The summed E-state index contributed by atoms with van der Waals surface area (Å²) in [4.78, 5) is 13.3. The number of anilines is 2. The van der Waals surface area contributed by atoms with Crippen LogP contribution in [0.25, 0.3) is 22.6 Å². The van der Waals surface area contributed by atoms with Crippen molar-refractivity contribution < 1.29 is 4.39 Å². The molecule has 0 fully saturated rings. The van der Waals surface area contributed by atoms with Gasteiger partial charge in [-0.25, -0.2) is 19.3 Å². The molecule has 164 valence electrons. The van der Waals surface area contributed by atoms with Crippen LogP contribution in [0.5, 0.6) is 0 Å². The predicted octanol–water partition coefficient (Wildman–Crippen LogP) is 6.05. The van der Waals surface area contributed by atoms with Crippen LogP contribution >= 0.6 is 23.2 Å². The van der Waals surface area contributed by atoms with Gasteiger partial charge in [-0.1, -0.05) is 35.3 Å². The Hall–Kier alpha value is -3.73. The molecular formula is C24H17Cl2FN6. The van der Waals surface area contributed by atoms with E-state index in [9.17, 15) is 4.39 Å². The minimum absolute atomic E-state index is 0.349. The Kier molecular flexibility index (Phi) is 6.98. The van der Waals surface area contributed by atoms with E-state index in [1.807, 2.05) is 6.07 Å². The molecule has 33 heavy (non-hydrogen) atoms. The van der Waals surface area contributed by atoms with E-state index in [1.165, 1.54) is 12.3 Å². The van der Waals surface area contributed by atoms with Crippen molar-refractivity contribution >= 4 is 34.8 Å². The summed E-state index contributed by atoms with van der Waals surface area (Å²) >= 11 is 12.4. The third-order valence-corrected chi connectivity index (χ3v) is 5.23. The maximum absolute atomic E-state index is 14.5. The number of hydrogen-bond acceptors (Lipinski definition) is 6. The summed E-state index contributed by atoms with van der Waals surface area (Å²) in [6, 6.07) is 18.6. The third-order valence-electron chi connectivity index (χ3n) is 4.68. The van der Waals surface area contributed by atoms with Crippen molar-refractivity contribution in [1.82, 2.24) is 15.0 Å². The molecule has 2 N–H and O–H groups in total. The molecule has 6 nitrogen and oxygen atoms in total. The summed E-state index contributed by atoms with van der Waals surface area (Å²) < 4.78 is 14.5. The number of benzene rings is 2. The maximum atomic E-state index is 14.5. The fourth-order valence-corrected chi connectivity index (χ4v) is 3.57. The maximum Gasteiger partial charge on any atom is 0.163 e. The zero-order chi connectivity index (χ0) is 23.2. The lowest BCUT2D eigenvalue weighted by Gasteiger charge is -2.12. The van der Waals surface area contributed by atoms with Gasteiger partial charge in [0.15, 0.2) is 5.82 Å². The topological polar surface area (TPSA) is 86.5 Å². The average molecular weight is 479 g/mol. The van der Waals surface area contributed by atoms with E-state index in [1.54, 1.807) is 54.6 Å². The highest BCUT2D eigenvalue weighted by Crippen LogP contribution is 2.31. The first kappa shape index (κ1) is 22.5. The van der Waals surface area contributed by atoms with Gasteiger partial charge in [0.05, 0.1) is 16.3 Å². The molecule has 9 heteroatoms.